The third-order valence-corrected chi connectivity index (χ3v) is 7.14. The Morgan fingerprint density at radius 2 is 1.85 bits per heavy atom. The number of carbonyl (C=O) groups is 1. The van der Waals surface area contributed by atoms with Crippen LogP contribution in [0.5, 0.6) is 0 Å². The number of hydrogen-bond donors (Lipinski definition) is 1. The Balaban J connectivity index is 1.80. The predicted octanol–water partition coefficient (Wildman–Crippen LogP) is 3.62. The minimum absolute atomic E-state index is 0.127. The molecular weight excluding hydrogens is 370 g/mol. The summed E-state index contributed by atoms with van der Waals surface area (Å²) in [6, 6.07) is 16.8. The van der Waals surface area contributed by atoms with E-state index in [-0.39, 0.29) is 23.6 Å². The van der Waals surface area contributed by atoms with Crippen LogP contribution in [-0.4, -0.2) is 30.5 Å². The van der Waals surface area contributed by atoms with E-state index in [9.17, 15) is 18.4 Å². The SMILES string of the molecule is O=CN(O)C(CCc1ccccc1)S(=O)(=O)Cc1ccc2sccc2c1. The van der Waals surface area contributed by atoms with Crippen molar-refractivity contribution in [2.24, 2.45) is 0 Å². The van der Waals surface area contributed by atoms with Gasteiger partial charge in [0.2, 0.25) is 6.41 Å². The van der Waals surface area contributed by atoms with Gasteiger partial charge >= 0.3 is 0 Å². The van der Waals surface area contributed by atoms with Gasteiger partial charge in [0, 0.05) is 4.70 Å². The lowest BCUT2D eigenvalue weighted by Crippen LogP contribution is -2.39. The molecule has 1 heterocycles. The molecule has 26 heavy (non-hydrogen) atoms. The van der Waals surface area contributed by atoms with Crippen molar-refractivity contribution in [3.63, 3.8) is 0 Å². The molecule has 1 unspecified atom stereocenters. The van der Waals surface area contributed by atoms with Crippen molar-refractivity contribution in [1.29, 1.82) is 0 Å². The van der Waals surface area contributed by atoms with Gasteiger partial charge in [0.1, 0.15) is 0 Å². The minimum Gasteiger partial charge on any atom is -0.285 e. The minimum atomic E-state index is -3.76. The van der Waals surface area contributed by atoms with Gasteiger partial charge in [-0.2, -0.15) is 0 Å². The summed E-state index contributed by atoms with van der Waals surface area (Å²) >= 11 is 1.59. The number of sulfone groups is 1. The summed E-state index contributed by atoms with van der Waals surface area (Å²) in [5.41, 5.74) is 1.59. The highest BCUT2D eigenvalue weighted by atomic mass is 32.2. The van der Waals surface area contributed by atoms with Gasteiger partial charge in [-0.1, -0.05) is 36.4 Å². The summed E-state index contributed by atoms with van der Waals surface area (Å²) in [6.07, 6.45) is 0.719. The fourth-order valence-corrected chi connectivity index (χ4v) is 5.38. The zero-order valence-corrected chi connectivity index (χ0v) is 15.6. The van der Waals surface area contributed by atoms with E-state index in [1.807, 2.05) is 53.9 Å². The summed E-state index contributed by atoms with van der Waals surface area (Å²) in [7, 11) is -3.76. The lowest BCUT2D eigenvalue weighted by molar-refractivity contribution is -0.153. The molecule has 0 fully saturated rings. The van der Waals surface area contributed by atoms with Crippen molar-refractivity contribution in [3.05, 3.63) is 71.1 Å². The van der Waals surface area contributed by atoms with Crippen molar-refractivity contribution >= 4 is 37.7 Å². The topological polar surface area (TPSA) is 74.7 Å². The average molecular weight is 389 g/mol. The fourth-order valence-electron chi connectivity index (χ4n) is 2.91. The molecule has 0 bridgehead atoms. The molecule has 1 atom stereocenters. The number of aryl methyl sites for hydroxylation is 1. The first-order valence-electron chi connectivity index (χ1n) is 8.14. The van der Waals surface area contributed by atoms with E-state index in [0.717, 1.165) is 15.6 Å². The Hall–Kier alpha value is -2.22. The molecule has 1 N–H and O–H groups in total. The molecule has 2 aromatic carbocycles. The number of fused-ring (bicyclic) bond motifs is 1. The highest BCUT2D eigenvalue weighted by molar-refractivity contribution is 7.91. The van der Waals surface area contributed by atoms with Crippen LogP contribution in [0, 0.1) is 0 Å². The second-order valence-electron chi connectivity index (χ2n) is 6.06. The summed E-state index contributed by atoms with van der Waals surface area (Å²) in [5.74, 6) is -0.233. The Morgan fingerprint density at radius 1 is 1.08 bits per heavy atom. The first-order valence-corrected chi connectivity index (χ1v) is 10.7. The lowest BCUT2D eigenvalue weighted by Gasteiger charge is -2.22. The van der Waals surface area contributed by atoms with Crippen LogP contribution in [0.2, 0.25) is 0 Å². The van der Waals surface area contributed by atoms with E-state index >= 15 is 0 Å². The fraction of sp³-hybridized carbons (Fsp3) is 0.211. The quantitative estimate of drug-likeness (QED) is 0.363. The summed E-state index contributed by atoms with van der Waals surface area (Å²) < 4.78 is 26.8. The molecule has 0 radical (unpaired) electrons. The lowest BCUT2D eigenvalue weighted by atomic mass is 10.1. The maximum absolute atomic E-state index is 12.8. The van der Waals surface area contributed by atoms with Crippen molar-refractivity contribution < 1.29 is 18.4 Å². The number of nitrogens with zero attached hydrogens (tertiary/aromatic N) is 1. The largest absolute Gasteiger partial charge is 0.285 e. The number of benzene rings is 2. The Bertz CT molecular complexity index is 983. The maximum Gasteiger partial charge on any atom is 0.234 e. The van der Waals surface area contributed by atoms with Gasteiger partial charge in [-0.3, -0.25) is 10.0 Å². The molecule has 7 heteroatoms. The van der Waals surface area contributed by atoms with E-state index in [1.54, 1.807) is 17.4 Å². The Morgan fingerprint density at radius 3 is 2.58 bits per heavy atom. The first kappa shape index (κ1) is 18.6. The standard InChI is InChI=1S/C19H19NO4S2/c21-14-20(22)19(9-7-15-4-2-1-3-5-15)26(23,24)13-16-6-8-18-17(12-16)10-11-25-18/h1-6,8,10-12,14,19,22H,7,9,13H2. The van der Waals surface area contributed by atoms with E-state index < -0.39 is 15.2 Å². The molecule has 1 amide bonds. The van der Waals surface area contributed by atoms with Crippen LogP contribution >= 0.6 is 11.3 Å². The van der Waals surface area contributed by atoms with E-state index in [0.29, 0.717) is 12.0 Å². The van der Waals surface area contributed by atoms with Crippen LogP contribution in [-0.2, 0) is 26.8 Å². The van der Waals surface area contributed by atoms with Gasteiger partial charge in [0.05, 0.1) is 5.75 Å². The van der Waals surface area contributed by atoms with Crippen LogP contribution in [0.1, 0.15) is 17.5 Å². The van der Waals surface area contributed by atoms with Gasteiger partial charge in [0.25, 0.3) is 0 Å². The maximum atomic E-state index is 12.8. The number of rotatable bonds is 8. The average Bonchev–Trinajstić information content (AvgIpc) is 3.09. The van der Waals surface area contributed by atoms with E-state index in [1.165, 1.54) is 0 Å². The molecule has 0 aliphatic rings. The van der Waals surface area contributed by atoms with Crippen molar-refractivity contribution in [3.8, 4) is 0 Å². The van der Waals surface area contributed by atoms with E-state index in [4.69, 9.17) is 0 Å². The number of carbonyl (C=O) groups excluding carboxylic acids is 1. The second-order valence-corrected chi connectivity index (χ2v) is 9.17. The first-order chi connectivity index (χ1) is 12.5. The zero-order valence-electron chi connectivity index (χ0n) is 14.0. The van der Waals surface area contributed by atoms with Crippen LogP contribution in [0.3, 0.4) is 0 Å². The van der Waals surface area contributed by atoms with E-state index in [2.05, 4.69) is 0 Å². The van der Waals surface area contributed by atoms with Gasteiger partial charge < -0.3 is 0 Å². The molecule has 5 nitrogen and oxygen atoms in total. The Labute approximate surface area is 156 Å². The van der Waals surface area contributed by atoms with Crippen LogP contribution in [0.4, 0.5) is 0 Å². The number of hydrogen-bond acceptors (Lipinski definition) is 5. The summed E-state index contributed by atoms with van der Waals surface area (Å²) in [4.78, 5) is 11.0. The third-order valence-electron chi connectivity index (χ3n) is 4.23. The normalized spacial score (nSPS) is 12.8. The van der Waals surface area contributed by atoms with Gasteiger partial charge in [0.15, 0.2) is 15.2 Å². The predicted molar refractivity (Wildman–Crippen MR) is 103 cm³/mol. The molecule has 0 aliphatic carbocycles. The molecule has 136 valence electrons. The molecule has 0 spiro atoms. The second kappa shape index (κ2) is 7.99. The highest BCUT2D eigenvalue weighted by Gasteiger charge is 2.30. The molecule has 0 saturated carbocycles. The van der Waals surface area contributed by atoms with Gasteiger partial charge in [-0.05, 0) is 52.9 Å². The van der Waals surface area contributed by atoms with Gasteiger partial charge in [-0.25, -0.2) is 13.5 Å². The molecule has 3 rings (SSSR count). The highest BCUT2D eigenvalue weighted by Crippen LogP contribution is 2.24. The van der Waals surface area contributed by atoms with Crippen LogP contribution < -0.4 is 0 Å². The summed E-state index contributed by atoms with van der Waals surface area (Å²) in [6.45, 7) is 0. The molecular formula is C19H19NO4S2. The number of thiophene rings is 1. The molecule has 1 aromatic heterocycles. The van der Waals surface area contributed by atoms with Crippen LogP contribution in [0.15, 0.2) is 60.0 Å². The smallest absolute Gasteiger partial charge is 0.234 e. The van der Waals surface area contributed by atoms with Gasteiger partial charge in [-0.15, -0.1) is 11.3 Å². The Kier molecular flexibility index (Phi) is 5.70. The van der Waals surface area contributed by atoms with Crippen LogP contribution in [0.25, 0.3) is 10.1 Å². The van der Waals surface area contributed by atoms with Crippen molar-refractivity contribution in [2.45, 2.75) is 24.0 Å². The molecule has 0 saturated heterocycles. The number of amides is 1. The third kappa shape index (κ3) is 4.30. The monoisotopic (exact) mass is 389 g/mol. The molecule has 0 aliphatic heterocycles. The number of hydroxylamine groups is 2. The van der Waals surface area contributed by atoms with Crippen molar-refractivity contribution in [1.82, 2.24) is 5.06 Å². The zero-order chi connectivity index (χ0) is 18.6. The van der Waals surface area contributed by atoms with Crippen molar-refractivity contribution in [2.75, 3.05) is 0 Å². The summed E-state index contributed by atoms with van der Waals surface area (Å²) in [5, 5.41) is 11.8. The molecule has 3 aromatic rings.